The Morgan fingerprint density at radius 2 is 2.13 bits per heavy atom. The van der Waals surface area contributed by atoms with Crippen molar-refractivity contribution in [1.82, 2.24) is 4.98 Å². The van der Waals surface area contributed by atoms with Crippen LogP contribution in [0, 0.1) is 0 Å². The summed E-state index contributed by atoms with van der Waals surface area (Å²) in [5.74, 6) is -1.97. The number of aromatic carboxylic acids is 1. The van der Waals surface area contributed by atoms with Gasteiger partial charge in [-0.3, -0.25) is 0 Å². The van der Waals surface area contributed by atoms with E-state index in [1.54, 1.807) is 0 Å². The van der Waals surface area contributed by atoms with Crippen molar-refractivity contribution in [2.75, 3.05) is 7.11 Å². The molecule has 1 aromatic rings. The lowest BCUT2D eigenvalue weighted by Crippen LogP contribution is -2.13. The van der Waals surface area contributed by atoms with Crippen LogP contribution in [-0.4, -0.2) is 23.2 Å². The highest BCUT2D eigenvalue weighted by molar-refractivity contribution is 5.89. The molecule has 0 radical (unpaired) electrons. The number of pyridine rings is 1. The van der Waals surface area contributed by atoms with E-state index in [1.807, 2.05) is 0 Å². The molecule has 0 fully saturated rings. The van der Waals surface area contributed by atoms with Crippen LogP contribution >= 0.6 is 0 Å². The maximum atomic E-state index is 12.4. The molecule has 0 aliphatic heterocycles. The minimum absolute atomic E-state index is 0.285. The lowest BCUT2D eigenvalue weighted by Gasteiger charge is -2.10. The van der Waals surface area contributed by atoms with Crippen molar-refractivity contribution < 1.29 is 27.8 Å². The lowest BCUT2D eigenvalue weighted by atomic mass is 10.1. The predicted octanol–water partition coefficient (Wildman–Crippen LogP) is 1.81. The van der Waals surface area contributed by atoms with E-state index in [0.29, 0.717) is 12.3 Å². The van der Waals surface area contributed by atoms with Crippen LogP contribution < -0.4 is 4.74 Å². The number of carbonyl (C=O) groups is 1. The van der Waals surface area contributed by atoms with Gasteiger partial charge in [0.25, 0.3) is 0 Å². The summed E-state index contributed by atoms with van der Waals surface area (Å²) in [6.45, 7) is 0. The van der Waals surface area contributed by atoms with Crippen molar-refractivity contribution in [1.29, 1.82) is 0 Å². The molecule has 0 spiro atoms. The zero-order valence-corrected chi connectivity index (χ0v) is 7.50. The Kier molecular flexibility index (Phi) is 2.83. The van der Waals surface area contributed by atoms with E-state index < -0.39 is 23.3 Å². The first-order chi connectivity index (χ1) is 6.86. The molecular weight excluding hydrogens is 215 g/mol. The second kappa shape index (κ2) is 3.76. The summed E-state index contributed by atoms with van der Waals surface area (Å²) in [7, 11) is 1.14. The highest BCUT2D eigenvalue weighted by atomic mass is 19.4. The number of aromatic nitrogens is 1. The van der Waals surface area contributed by atoms with Crippen LogP contribution in [0.2, 0.25) is 0 Å². The van der Waals surface area contributed by atoms with Gasteiger partial charge < -0.3 is 9.84 Å². The summed E-state index contributed by atoms with van der Waals surface area (Å²) >= 11 is 0. The third kappa shape index (κ3) is 2.36. The van der Waals surface area contributed by atoms with E-state index in [4.69, 9.17) is 5.11 Å². The van der Waals surface area contributed by atoms with Crippen molar-refractivity contribution in [2.24, 2.45) is 0 Å². The molecular formula is C8H6F3NO3. The van der Waals surface area contributed by atoms with Gasteiger partial charge in [0.05, 0.1) is 18.2 Å². The van der Waals surface area contributed by atoms with Crippen molar-refractivity contribution in [2.45, 2.75) is 6.18 Å². The van der Waals surface area contributed by atoms with Gasteiger partial charge in [-0.2, -0.15) is 13.2 Å². The number of methoxy groups -OCH3 is 1. The molecule has 0 unspecified atom stereocenters. The normalized spacial score (nSPS) is 11.2. The van der Waals surface area contributed by atoms with E-state index in [1.165, 1.54) is 0 Å². The van der Waals surface area contributed by atoms with E-state index in [0.717, 1.165) is 7.11 Å². The number of nitrogens with zero attached hydrogens (tertiary/aromatic N) is 1. The fourth-order valence-corrected chi connectivity index (χ4v) is 0.953. The van der Waals surface area contributed by atoms with Crippen molar-refractivity contribution in [3.63, 3.8) is 0 Å². The van der Waals surface area contributed by atoms with Gasteiger partial charge in [-0.1, -0.05) is 0 Å². The topological polar surface area (TPSA) is 59.4 Å². The Labute approximate surface area is 82.3 Å². The standard InChI is InChI=1S/C8H6F3NO3/c1-15-6-2-5(8(9,10)11)4(3-12-6)7(13)14/h2-3H,1H3,(H,13,14). The molecule has 4 nitrogen and oxygen atoms in total. The summed E-state index contributed by atoms with van der Waals surface area (Å²) in [5.41, 5.74) is -2.18. The molecule has 0 bridgehead atoms. The summed E-state index contributed by atoms with van der Waals surface area (Å²) in [6.07, 6.45) is -4.13. The van der Waals surface area contributed by atoms with Gasteiger partial charge in [0.2, 0.25) is 5.88 Å². The van der Waals surface area contributed by atoms with Crippen LogP contribution in [0.15, 0.2) is 12.3 Å². The first-order valence-electron chi connectivity index (χ1n) is 3.70. The Bertz CT molecular complexity index is 389. The van der Waals surface area contributed by atoms with E-state index in [2.05, 4.69) is 9.72 Å². The third-order valence-corrected chi connectivity index (χ3v) is 1.62. The molecule has 1 N–H and O–H groups in total. The molecule has 7 heteroatoms. The fraction of sp³-hybridized carbons (Fsp3) is 0.250. The Hall–Kier alpha value is -1.79. The average Bonchev–Trinajstić information content (AvgIpc) is 2.15. The molecule has 0 aliphatic carbocycles. The number of ether oxygens (including phenoxy) is 1. The van der Waals surface area contributed by atoms with Crippen molar-refractivity contribution in [3.8, 4) is 5.88 Å². The van der Waals surface area contributed by atoms with Crippen LogP contribution in [0.3, 0.4) is 0 Å². The second-order valence-corrected chi connectivity index (χ2v) is 2.58. The molecule has 1 heterocycles. The van der Waals surface area contributed by atoms with Crippen LogP contribution in [0.25, 0.3) is 0 Å². The van der Waals surface area contributed by atoms with Gasteiger partial charge in [-0.25, -0.2) is 9.78 Å². The van der Waals surface area contributed by atoms with Gasteiger partial charge in [-0.05, 0) is 0 Å². The molecule has 0 saturated carbocycles. The molecule has 1 rings (SSSR count). The highest BCUT2D eigenvalue weighted by Gasteiger charge is 2.36. The van der Waals surface area contributed by atoms with Gasteiger partial charge in [0, 0.05) is 12.3 Å². The summed E-state index contributed by atoms with van der Waals surface area (Å²) in [4.78, 5) is 13.9. The number of alkyl halides is 3. The molecule has 0 aromatic carbocycles. The quantitative estimate of drug-likeness (QED) is 0.827. The van der Waals surface area contributed by atoms with Gasteiger partial charge >= 0.3 is 12.1 Å². The van der Waals surface area contributed by atoms with Crippen LogP contribution in [-0.2, 0) is 6.18 Å². The zero-order chi connectivity index (χ0) is 11.6. The Morgan fingerprint density at radius 3 is 2.53 bits per heavy atom. The molecule has 82 valence electrons. The van der Waals surface area contributed by atoms with Crippen LogP contribution in [0.5, 0.6) is 5.88 Å². The summed E-state index contributed by atoms with van der Waals surface area (Å²) in [6, 6.07) is 0.545. The smallest absolute Gasteiger partial charge is 0.417 e. The molecule has 0 aliphatic rings. The van der Waals surface area contributed by atoms with Crippen molar-refractivity contribution in [3.05, 3.63) is 23.4 Å². The van der Waals surface area contributed by atoms with Gasteiger partial charge in [0.15, 0.2) is 0 Å². The molecule has 0 amide bonds. The summed E-state index contributed by atoms with van der Waals surface area (Å²) in [5, 5.41) is 8.51. The Morgan fingerprint density at radius 1 is 1.53 bits per heavy atom. The van der Waals surface area contributed by atoms with Gasteiger partial charge in [-0.15, -0.1) is 0 Å². The molecule has 0 saturated heterocycles. The fourth-order valence-electron chi connectivity index (χ4n) is 0.953. The minimum Gasteiger partial charge on any atom is -0.481 e. The third-order valence-electron chi connectivity index (χ3n) is 1.62. The molecule has 15 heavy (non-hydrogen) atoms. The number of carboxylic acids is 1. The number of hydrogen-bond donors (Lipinski definition) is 1. The first kappa shape index (κ1) is 11.3. The molecule has 1 aromatic heterocycles. The number of rotatable bonds is 2. The number of carboxylic acid groups (broad SMARTS) is 1. The Balaban J connectivity index is 3.36. The van der Waals surface area contributed by atoms with Crippen molar-refractivity contribution >= 4 is 5.97 Å². The van der Waals surface area contributed by atoms with Crippen LogP contribution in [0.4, 0.5) is 13.2 Å². The summed E-state index contributed by atoms with van der Waals surface area (Å²) < 4.78 is 41.6. The molecule has 0 atom stereocenters. The second-order valence-electron chi connectivity index (χ2n) is 2.58. The van der Waals surface area contributed by atoms with E-state index in [-0.39, 0.29) is 5.88 Å². The van der Waals surface area contributed by atoms with Gasteiger partial charge in [0.1, 0.15) is 0 Å². The first-order valence-corrected chi connectivity index (χ1v) is 3.70. The highest BCUT2D eigenvalue weighted by Crippen LogP contribution is 2.33. The lowest BCUT2D eigenvalue weighted by molar-refractivity contribution is -0.138. The monoisotopic (exact) mass is 221 g/mol. The van der Waals surface area contributed by atoms with Crippen LogP contribution in [0.1, 0.15) is 15.9 Å². The predicted molar refractivity (Wildman–Crippen MR) is 42.8 cm³/mol. The number of halogens is 3. The average molecular weight is 221 g/mol. The zero-order valence-electron chi connectivity index (χ0n) is 7.50. The number of hydrogen-bond acceptors (Lipinski definition) is 3. The SMILES string of the molecule is COc1cc(C(F)(F)F)c(C(=O)O)cn1. The largest absolute Gasteiger partial charge is 0.481 e. The maximum Gasteiger partial charge on any atom is 0.417 e. The van der Waals surface area contributed by atoms with E-state index in [9.17, 15) is 18.0 Å². The maximum absolute atomic E-state index is 12.4. The minimum atomic E-state index is -4.75. The van der Waals surface area contributed by atoms with E-state index >= 15 is 0 Å².